The van der Waals surface area contributed by atoms with Crippen molar-refractivity contribution in [1.82, 2.24) is 10.6 Å². The molecule has 0 aliphatic heterocycles. The zero-order valence-electron chi connectivity index (χ0n) is 20.0. The predicted molar refractivity (Wildman–Crippen MR) is 141 cm³/mol. The molecule has 36 heavy (non-hydrogen) atoms. The summed E-state index contributed by atoms with van der Waals surface area (Å²) in [5, 5.41) is 9.43. The fourth-order valence-corrected chi connectivity index (χ4v) is 8.73. The third-order valence-corrected chi connectivity index (χ3v) is 10.2. The van der Waals surface area contributed by atoms with E-state index in [4.69, 9.17) is 11.6 Å². The molecule has 0 radical (unpaired) electrons. The highest BCUT2D eigenvalue weighted by Crippen LogP contribution is 2.76. The Bertz CT molecular complexity index is 1220. The van der Waals surface area contributed by atoms with Crippen LogP contribution in [0.1, 0.15) is 48.9 Å². The fraction of sp³-hybridized carbons (Fsp3) is 0.464. The van der Waals surface area contributed by atoms with Gasteiger partial charge in [0.1, 0.15) is 0 Å². The van der Waals surface area contributed by atoms with Gasteiger partial charge in [-0.1, -0.05) is 23.7 Å². The lowest BCUT2D eigenvalue weighted by Crippen LogP contribution is -2.50. The Hall–Kier alpha value is -2.51. The van der Waals surface area contributed by atoms with Crippen molar-refractivity contribution < 1.29 is 14.4 Å². The second-order valence-corrected chi connectivity index (χ2v) is 12.6. The van der Waals surface area contributed by atoms with Gasteiger partial charge in [0.05, 0.1) is 17.9 Å². The molecule has 3 bridgehead atoms. The molecule has 2 aromatic carbocycles. The molecule has 6 rings (SSSR count). The van der Waals surface area contributed by atoms with Crippen molar-refractivity contribution in [2.75, 3.05) is 17.6 Å². The van der Waals surface area contributed by atoms with E-state index >= 15 is 0 Å². The molecule has 5 atom stereocenters. The van der Waals surface area contributed by atoms with Crippen LogP contribution in [-0.4, -0.2) is 35.6 Å². The molecule has 6 nitrogen and oxygen atoms in total. The largest absolute Gasteiger partial charge is 0.350 e. The summed E-state index contributed by atoms with van der Waals surface area (Å²) in [7, 11) is 0. The number of thioether (sulfide) groups is 1. The van der Waals surface area contributed by atoms with Crippen LogP contribution in [0.4, 0.5) is 5.69 Å². The summed E-state index contributed by atoms with van der Waals surface area (Å²) in [5.74, 6) is 2.15. The van der Waals surface area contributed by atoms with E-state index in [1.54, 1.807) is 36.4 Å². The van der Waals surface area contributed by atoms with E-state index in [2.05, 4.69) is 16.0 Å². The molecule has 0 heterocycles. The highest BCUT2D eigenvalue weighted by atomic mass is 35.5. The maximum Gasteiger partial charge on any atom is 0.252 e. The molecule has 0 saturated heterocycles. The first kappa shape index (κ1) is 23.9. The van der Waals surface area contributed by atoms with Gasteiger partial charge in [-0.2, -0.15) is 0 Å². The van der Waals surface area contributed by atoms with E-state index in [-0.39, 0.29) is 35.6 Å². The zero-order valence-corrected chi connectivity index (χ0v) is 21.6. The first-order chi connectivity index (χ1) is 17.3. The molecule has 0 aromatic heterocycles. The minimum absolute atomic E-state index is 0.00911. The van der Waals surface area contributed by atoms with Gasteiger partial charge in [0.15, 0.2) is 0 Å². The maximum absolute atomic E-state index is 13.0. The molecule has 3 N–H and O–H groups in total. The minimum atomic E-state index is -0.343. The van der Waals surface area contributed by atoms with Gasteiger partial charge in [-0.15, -0.1) is 11.8 Å². The quantitative estimate of drug-likeness (QED) is 0.430. The highest BCUT2D eigenvalue weighted by molar-refractivity contribution is 8.00. The number of benzene rings is 2. The number of anilines is 1. The monoisotopic (exact) mass is 523 g/mol. The third-order valence-electron chi connectivity index (χ3n) is 8.90. The summed E-state index contributed by atoms with van der Waals surface area (Å²) in [6.07, 6.45) is 7.56. The van der Waals surface area contributed by atoms with E-state index in [9.17, 15) is 14.4 Å². The zero-order chi connectivity index (χ0) is 24.9. The molecule has 1 spiro atoms. The average molecular weight is 524 g/mol. The number of fused-ring (bicyclic) bond motifs is 2. The maximum atomic E-state index is 13.0. The van der Waals surface area contributed by atoms with Crippen LogP contribution in [-0.2, 0) is 9.59 Å². The number of carbonyl (C=O) groups excluding carboxylic acids is 3. The van der Waals surface area contributed by atoms with Gasteiger partial charge in [-0.25, -0.2) is 0 Å². The van der Waals surface area contributed by atoms with Gasteiger partial charge in [-0.05, 0) is 98.1 Å². The number of carbonyl (C=O) groups is 3. The molecule has 3 amide bonds. The Morgan fingerprint density at radius 2 is 1.75 bits per heavy atom. The normalized spacial score (nSPS) is 30.9. The van der Waals surface area contributed by atoms with Crippen molar-refractivity contribution in [1.29, 1.82) is 0 Å². The highest BCUT2D eigenvalue weighted by Gasteiger charge is 2.71. The van der Waals surface area contributed by atoms with Crippen LogP contribution in [0.15, 0.2) is 53.4 Å². The number of nitrogens with one attached hydrogen (secondary N) is 3. The molecule has 2 aromatic rings. The first-order valence-electron chi connectivity index (χ1n) is 12.7. The van der Waals surface area contributed by atoms with Gasteiger partial charge < -0.3 is 16.0 Å². The summed E-state index contributed by atoms with van der Waals surface area (Å²) in [6, 6.07) is 14.0. The van der Waals surface area contributed by atoms with Crippen LogP contribution >= 0.6 is 23.4 Å². The van der Waals surface area contributed by atoms with E-state index in [0.29, 0.717) is 21.7 Å². The van der Waals surface area contributed by atoms with Crippen LogP contribution in [0.5, 0.6) is 0 Å². The van der Waals surface area contributed by atoms with Crippen molar-refractivity contribution in [2.45, 2.75) is 49.0 Å². The van der Waals surface area contributed by atoms with Crippen molar-refractivity contribution >= 4 is 46.8 Å². The number of hydrogen-bond acceptors (Lipinski definition) is 4. The second-order valence-electron chi connectivity index (χ2n) is 11.1. The van der Waals surface area contributed by atoms with Crippen molar-refractivity contribution in [3.63, 3.8) is 0 Å². The van der Waals surface area contributed by atoms with Crippen molar-refractivity contribution in [2.24, 2.45) is 23.2 Å². The van der Waals surface area contributed by atoms with Crippen LogP contribution in [0.2, 0.25) is 5.02 Å². The first-order valence-corrected chi connectivity index (χ1v) is 14.1. The fourth-order valence-electron chi connectivity index (χ4n) is 7.75. The minimum Gasteiger partial charge on any atom is -0.350 e. The van der Waals surface area contributed by atoms with Crippen molar-refractivity contribution in [3.8, 4) is 0 Å². The lowest BCUT2D eigenvalue weighted by atomic mass is 9.56. The number of amides is 3. The third kappa shape index (κ3) is 4.30. The SMILES string of the molecule is O=C(CNC(=O)c1ccccc1SCC(=O)NC12CC3CC4CC(C1)C4(C3)C2)Nc1ccc(Cl)cc1. The predicted octanol–water partition coefficient (Wildman–Crippen LogP) is 4.89. The van der Waals surface area contributed by atoms with E-state index in [1.165, 1.54) is 37.4 Å². The molecule has 188 valence electrons. The molecular weight excluding hydrogens is 494 g/mol. The Balaban J connectivity index is 1.02. The molecule has 5 unspecified atom stereocenters. The Kier molecular flexibility index (Phi) is 6.03. The Labute approximate surface area is 220 Å². The van der Waals surface area contributed by atoms with Gasteiger partial charge in [0.25, 0.3) is 5.91 Å². The smallest absolute Gasteiger partial charge is 0.252 e. The van der Waals surface area contributed by atoms with Crippen LogP contribution in [0.25, 0.3) is 0 Å². The lowest BCUT2D eigenvalue weighted by Gasteiger charge is -2.49. The molecule has 8 heteroatoms. The van der Waals surface area contributed by atoms with Gasteiger partial charge in [-0.3, -0.25) is 14.4 Å². The Morgan fingerprint density at radius 3 is 2.58 bits per heavy atom. The van der Waals surface area contributed by atoms with Gasteiger partial charge in [0.2, 0.25) is 11.8 Å². The summed E-state index contributed by atoms with van der Waals surface area (Å²) >= 11 is 7.24. The number of rotatable bonds is 8. The van der Waals surface area contributed by atoms with E-state index in [1.807, 2.05) is 12.1 Å². The van der Waals surface area contributed by atoms with Crippen LogP contribution in [0, 0.1) is 23.2 Å². The van der Waals surface area contributed by atoms with Gasteiger partial charge >= 0.3 is 0 Å². The summed E-state index contributed by atoms with van der Waals surface area (Å²) in [6.45, 7) is -0.158. The van der Waals surface area contributed by atoms with Gasteiger partial charge in [0, 0.05) is 21.1 Å². The number of halogens is 1. The summed E-state index contributed by atoms with van der Waals surface area (Å²) < 4.78 is 0. The average Bonchev–Trinajstić information content (AvgIpc) is 3.17. The Morgan fingerprint density at radius 1 is 0.944 bits per heavy atom. The molecule has 4 aliphatic rings. The number of hydrogen-bond donors (Lipinski definition) is 3. The topological polar surface area (TPSA) is 87.3 Å². The standard InChI is InChI=1S/C28H30ClN3O3S/c29-20-5-7-21(8-6-20)31-24(33)14-30-26(35)22-3-1-2-4-23(22)36-15-25(34)32-27-11-17-9-18-10-19(13-27)28(18,12-17)16-27/h1-8,17-19H,9-16H2,(H,30,35)(H,31,33)(H,32,34). The van der Waals surface area contributed by atoms with Crippen LogP contribution < -0.4 is 16.0 Å². The molecule has 4 fully saturated rings. The molecule has 4 saturated carbocycles. The molecular formula is C28H30ClN3O3S. The lowest BCUT2D eigenvalue weighted by molar-refractivity contribution is -0.121. The van der Waals surface area contributed by atoms with E-state index < -0.39 is 0 Å². The van der Waals surface area contributed by atoms with Crippen molar-refractivity contribution in [3.05, 3.63) is 59.1 Å². The van der Waals surface area contributed by atoms with Crippen LogP contribution in [0.3, 0.4) is 0 Å². The van der Waals surface area contributed by atoms with E-state index in [0.717, 1.165) is 35.5 Å². The second kappa shape index (κ2) is 9.10. The summed E-state index contributed by atoms with van der Waals surface area (Å²) in [5.41, 5.74) is 1.60. The molecule has 4 aliphatic carbocycles. The summed E-state index contributed by atoms with van der Waals surface area (Å²) in [4.78, 5) is 38.8.